The number of nitrogens with two attached hydrogens (primary N) is 1. The first-order chi connectivity index (χ1) is 8.70. The van der Waals surface area contributed by atoms with E-state index in [0.717, 1.165) is 45.3 Å². The zero-order valence-corrected chi connectivity index (χ0v) is 11.4. The quantitative estimate of drug-likeness (QED) is 0.707. The van der Waals surface area contributed by atoms with E-state index in [4.69, 9.17) is 5.73 Å². The molecule has 0 aliphatic heterocycles. The van der Waals surface area contributed by atoms with Crippen molar-refractivity contribution in [3.8, 4) is 0 Å². The maximum absolute atomic E-state index is 12.1. The van der Waals surface area contributed by atoms with Gasteiger partial charge in [-0.25, -0.2) is 4.98 Å². The zero-order chi connectivity index (χ0) is 13.4. The molecule has 5 heteroatoms. The Morgan fingerprint density at radius 1 is 1.39 bits per heavy atom. The predicted molar refractivity (Wildman–Crippen MR) is 75.0 cm³/mol. The normalized spacial score (nSPS) is 10.6. The molecule has 102 valence electrons. The van der Waals surface area contributed by atoms with E-state index in [-0.39, 0.29) is 5.56 Å². The molecule has 18 heavy (non-hydrogen) atoms. The average Bonchev–Trinajstić information content (AvgIpc) is 2.37. The van der Waals surface area contributed by atoms with E-state index in [1.807, 2.05) is 11.9 Å². The second kappa shape index (κ2) is 7.87. The molecule has 0 amide bonds. The highest BCUT2D eigenvalue weighted by molar-refractivity contribution is 5.33. The molecule has 0 radical (unpaired) electrons. The van der Waals surface area contributed by atoms with Crippen LogP contribution in [0.2, 0.25) is 0 Å². The minimum absolute atomic E-state index is 0.000625. The monoisotopic (exact) mass is 252 g/mol. The fourth-order valence-corrected chi connectivity index (χ4v) is 1.89. The molecule has 1 heterocycles. The lowest BCUT2D eigenvalue weighted by Gasteiger charge is -2.18. The summed E-state index contributed by atoms with van der Waals surface area (Å²) < 4.78 is 1.72. The number of hydrogen-bond donors (Lipinski definition) is 1. The third kappa shape index (κ3) is 4.14. The van der Waals surface area contributed by atoms with Gasteiger partial charge in [-0.2, -0.15) is 0 Å². The molecule has 0 aliphatic rings. The van der Waals surface area contributed by atoms with Crippen LogP contribution < -0.4 is 16.2 Å². The van der Waals surface area contributed by atoms with E-state index in [2.05, 4.69) is 11.9 Å². The van der Waals surface area contributed by atoms with Gasteiger partial charge in [-0.05, 0) is 25.8 Å². The Balaban J connectivity index is 2.64. The number of aryl methyl sites for hydroxylation is 1. The Bertz CT molecular complexity index is 402. The van der Waals surface area contributed by atoms with Gasteiger partial charge in [0.2, 0.25) is 0 Å². The summed E-state index contributed by atoms with van der Waals surface area (Å²) >= 11 is 0. The fraction of sp³-hybridized carbons (Fsp3) is 0.692. The van der Waals surface area contributed by atoms with Crippen LogP contribution in [0.1, 0.15) is 32.6 Å². The summed E-state index contributed by atoms with van der Waals surface area (Å²) in [7, 11) is 1.92. The SMILES string of the molecule is CCCn1ccnc(N(C)CCCCCN)c1=O. The highest BCUT2D eigenvalue weighted by Gasteiger charge is 2.08. The average molecular weight is 252 g/mol. The van der Waals surface area contributed by atoms with Gasteiger partial charge in [0.25, 0.3) is 5.56 Å². The molecule has 5 nitrogen and oxygen atoms in total. The molecular weight excluding hydrogens is 228 g/mol. The first kappa shape index (κ1) is 14.7. The maximum atomic E-state index is 12.1. The lowest BCUT2D eigenvalue weighted by atomic mass is 10.2. The van der Waals surface area contributed by atoms with Crippen molar-refractivity contribution in [1.29, 1.82) is 0 Å². The molecule has 1 aromatic heterocycles. The van der Waals surface area contributed by atoms with Crippen LogP contribution in [0.5, 0.6) is 0 Å². The third-order valence-electron chi connectivity index (χ3n) is 2.92. The Morgan fingerprint density at radius 3 is 2.83 bits per heavy atom. The van der Waals surface area contributed by atoms with Crippen LogP contribution in [-0.2, 0) is 6.54 Å². The van der Waals surface area contributed by atoms with Gasteiger partial charge in [-0.1, -0.05) is 13.3 Å². The summed E-state index contributed by atoms with van der Waals surface area (Å²) in [6.07, 6.45) is 7.56. The fourth-order valence-electron chi connectivity index (χ4n) is 1.89. The smallest absolute Gasteiger partial charge is 0.293 e. The van der Waals surface area contributed by atoms with Crippen LogP contribution >= 0.6 is 0 Å². The van der Waals surface area contributed by atoms with Crippen LogP contribution in [0.3, 0.4) is 0 Å². The van der Waals surface area contributed by atoms with E-state index in [1.165, 1.54) is 0 Å². The summed E-state index contributed by atoms with van der Waals surface area (Å²) in [5, 5.41) is 0. The highest BCUT2D eigenvalue weighted by Crippen LogP contribution is 2.04. The second-order valence-corrected chi connectivity index (χ2v) is 4.52. The van der Waals surface area contributed by atoms with Gasteiger partial charge in [0, 0.05) is 32.5 Å². The standard InChI is InChI=1S/C13H24N4O/c1-3-9-17-11-8-15-12(13(17)18)16(2)10-6-4-5-7-14/h8,11H,3-7,9-10,14H2,1-2H3. The predicted octanol–water partition coefficient (Wildman–Crippen LogP) is 1.22. The summed E-state index contributed by atoms with van der Waals surface area (Å²) in [6, 6.07) is 0. The molecule has 0 unspecified atom stereocenters. The van der Waals surface area contributed by atoms with Crippen molar-refractivity contribution in [2.24, 2.45) is 5.73 Å². The lowest BCUT2D eigenvalue weighted by Crippen LogP contribution is -2.31. The number of anilines is 1. The summed E-state index contributed by atoms with van der Waals surface area (Å²) in [5.74, 6) is 0.540. The first-order valence-electron chi connectivity index (χ1n) is 6.67. The number of aromatic nitrogens is 2. The summed E-state index contributed by atoms with van der Waals surface area (Å²) in [5.41, 5.74) is 5.46. The third-order valence-corrected chi connectivity index (χ3v) is 2.92. The van der Waals surface area contributed by atoms with Crippen molar-refractivity contribution in [1.82, 2.24) is 9.55 Å². The number of nitrogens with zero attached hydrogens (tertiary/aromatic N) is 3. The molecular formula is C13H24N4O. The zero-order valence-electron chi connectivity index (χ0n) is 11.4. The molecule has 0 bridgehead atoms. The van der Waals surface area contributed by atoms with Gasteiger partial charge in [0.1, 0.15) is 0 Å². The molecule has 1 aromatic rings. The van der Waals surface area contributed by atoms with E-state index in [9.17, 15) is 4.79 Å². The molecule has 0 fully saturated rings. The maximum Gasteiger partial charge on any atom is 0.293 e. The van der Waals surface area contributed by atoms with Crippen LogP contribution in [-0.4, -0.2) is 29.7 Å². The first-order valence-corrected chi connectivity index (χ1v) is 6.67. The Hall–Kier alpha value is -1.36. The van der Waals surface area contributed by atoms with Gasteiger partial charge < -0.3 is 15.2 Å². The van der Waals surface area contributed by atoms with Gasteiger partial charge in [-0.3, -0.25) is 4.79 Å². The Kier molecular flexibility index (Phi) is 6.43. The molecule has 0 aliphatic carbocycles. The van der Waals surface area contributed by atoms with Crippen LogP contribution in [0.25, 0.3) is 0 Å². The van der Waals surface area contributed by atoms with Crippen molar-refractivity contribution < 1.29 is 0 Å². The molecule has 2 N–H and O–H groups in total. The van der Waals surface area contributed by atoms with E-state index >= 15 is 0 Å². The van der Waals surface area contributed by atoms with Crippen molar-refractivity contribution >= 4 is 5.82 Å². The van der Waals surface area contributed by atoms with Gasteiger partial charge in [0.05, 0.1) is 0 Å². The molecule has 0 atom stereocenters. The second-order valence-electron chi connectivity index (χ2n) is 4.52. The Labute approximate surface area is 109 Å². The highest BCUT2D eigenvalue weighted by atomic mass is 16.1. The van der Waals surface area contributed by atoms with E-state index in [0.29, 0.717) is 5.82 Å². The molecule has 1 rings (SSSR count). The summed E-state index contributed by atoms with van der Waals surface area (Å²) in [4.78, 5) is 18.3. The molecule has 0 saturated heterocycles. The molecule has 0 saturated carbocycles. The van der Waals surface area contributed by atoms with Crippen LogP contribution in [0.15, 0.2) is 17.2 Å². The minimum Gasteiger partial charge on any atom is -0.355 e. The van der Waals surface area contributed by atoms with Crippen molar-refractivity contribution in [2.45, 2.75) is 39.2 Å². The summed E-state index contributed by atoms with van der Waals surface area (Å²) in [6.45, 7) is 4.38. The van der Waals surface area contributed by atoms with E-state index < -0.39 is 0 Å². The minimum atomic E-state index is 0.000625. The molecule has 0 spiro atoms. The number of hydrogen-bond acceptors (Lipinski definition) is 4. The van der Waals surface area contributed by atoms with Crippen LogP contribution in [0, 0.1) is 0 Å². The lowest BCUT2D eigenvalue weighted by molar-refractivity contribution is 0.636. The van der Waals surface area contributed by atoms with Gasteiger partial charge >= 0.3 is 0 Å². The van der Waals surface area contributed by atoms with E-state index in [1.54, 1.807) is 17.0 Å². The topological polar surface area (TPSA) is 64.2 Å². The Morgan fingerprint density at radius 2 is 2.17 bits per heavy atom. The molecule has 0 aromatic carbocycles. The van der Waals surface area contributed by atoms with Crippen molar-refractivity contribution in [2.75, 3.05) is 25.0 Å². The van der Waals surface area contributed by atoms with Gasteiger partial charge in [0.15, 0.2) is 5.82 Å². The van der Waals surface area contributed by atoms with Crippen molar-refractivity contribution in [3.05, 3.63) is 22.7 Å². The number of rotatable bonds is 8. The van der Waals surface area contributed by atoms with Crippen molar-refractivity contribution in [3.63, 3.8) is 0 Å². The largest absolute Gasteiger partial charge is 0.355 e. The van der Waals surface area contributed by atoms with Gasteiger partial charge in [-0.15, -0.1) is 0 Å². The number of unbranched alkanes of at least 4 members (excludes halogenated alkanes) is 2. The van der Waals surface area contributed by atoms with Crippen LogP contribution in [0.4, 0.5) is 5.82 Å².